The van der Waals surface area contributed by atoms with Crippen LogP contribution in [0.15, 0.2) is 93.2 Å². The van der Waals surface area contributed by atoms with Crippen molar-refractivity contribution >= 4 is 22.9 Å². The van der Waals surface area contributed by atoms with E-state index in [2.05, 4.69) is 10.2 Å². The highest BCUT2D eigenvalue weighted by Crippen LogP contribution is 2.27. The summed E-state index contributed by atoms with van der Waals surface area (Å²) in [6.07, 6.45) is 0. The van der Waals surface area contributed by atoms with E-state index in [1.807, 2.05) is 53.1 Å². The number of halogens is 1. The van der Waals surface area contributed by atoms with Gasteiger partial charge in [-0.3, -0.25) is 9.13 Å². The molecule has 0 radical (unpaired) electrons. The maximum Gasteiger partial charge on any atom is 0.419 e. The van der Waals surface area contributed by atoms with Gasteiger partial charge in [0.15, 0.2) is 16.6 Å². The Morgan fingerprint density at radius 3 is 2.47 bits per heavy atom. The molecule has 0 bridgehead atoms. The predicted molar refractivity (Wildman–Crippen MR) is 122 cm³/mol. The maximum atomic E-state index is 14.5. The monoisotopic (exact) mass is 446 g/mol. The summed E-state index contributed by atoms with van der Waals surface area (Å²) in [5.74, 6) is 0.320. The molecular weight excluding hydrogens is 427 g/mol. The summed E-state index contributed by atoms with van der Waals surface area (Å²) >= 11 is 1.47. The van der Waals surface area contributed by atoms with E-state index in [4.69, 9.17) is 4.42 Å². The quantitative estimate of drug-likeness (QED) is 0.335. The Morgan fingerprint density at radius 1 is 0.875 bits per heavy atom. The fourth-order valence-electron chi connectivity index (χ4n) is 3.60. The number of benzene rings is 3. The van der Waals surface area contributed by atoms with Crippen molar-refractivity contribution in [1.82, 2.24) is 19.3 Å². The van der Waals surface area contributed by atoms with Crippen LogP contribution in [0, 0.1) is 5.82 Å². The number of para-hydroxylation sites is 2. The average Bonchev–Trinajstić information content (AvgIpc) is 3.35. The van der Waals surface area contributed by atoms with Crippen LogP contribution >= 0.6 is 11.8 Å². The van der Waals surface area contributed by atoms with Crippen molar-refractivity contribution in [3.05, 3.63) is 101 Å². The van der Waals surface area contributed by atoms with Crippen molar-refractivity contribution < 1.29 is 8.81 Å². The lowest BCUT2D eigenvalue weighted by Gasteiger charge is -2.11. The molecule has 0 aliphatic rings. The van der Waals surface area contributed by atoms with Gasteiger partial charge in [-0.05, 0) is 29.8 Å². The van der Waals surface area contributed by atoms with Crippen LogP contribution < -0.4 is 5.76 Å². The first kappa shape index (κ1) is 20.3. The van der Waals surface area contributed by atoms with Gasteiger partial charge >= 0.3 is 5.76 Å². The van der Waals surface area contributed by atoms with E-state index < -0.39 is 0 Å². The zero-order chi connectivity index (χ0) is 21.9. The number of aromatic nitrogens is 4. The molecule has 5 aromatic rings. The molecule has 0 saturated carbocycles. The number of hydrogen-bond donors (Lipinski definition) is 0. The number of rotatable bonds is 7. The van der Waals surface area contributed by atoms with E-state index in [1.165, 1.54) is 17.8 Å². The molecule has 0 saturated heterocycles. The number of thioether (sulfide) groups is 1. The molecule has 0 N–H and O–H groups in total. The minimum atomic E-state index is -0.385. The van der Waals surface area contributed by atoms with Crippen molar-refractivity contribution in [2.75, 3.05) is 5.75 Å². The van der Waals surface area contributed by atoms with Gasteiger partial charge in [0, 0.05) is 12.3 Å². The van der Waals surface area contributed by atoms with Crippen molar-refractivity contribution in [2.45, 2.75) is 18.2 Å². The summed E-state index contributed by atoms with van der Waals surface area (Å²) in [7, 11) is 0. The van der Waals surface area contributed by atoms with Gasteiger partial charge in [-0.2, -0.15) is 0 Å². The van der Waals surface area contributed by atoms with Gasteiger partial charge in [-0.25, -0.2) is 9.18 Å². The van der Waals surface area contributed by atoms with Crippen molar-refractivity contribution in [1.29, 1.82) is 0 Å². The molecule has 2 heterocycles. The normalized spacial score (nSPS) is 11.3. The third kappa shape index (κ3) is 3.97. The summed E-state index contributed by atoms with van der Waals surface area (Å²) in [6, 6.07) is 23.8. The molecule has 6 nitrogen and oxygen atoms in total. The number of nitrogens with zero attached hydrogens (tertiary/aromatic N) is 4. The van der Waals surface area contributed by atoms with Gasteiger partial charge in [0.1, 0.15) is 5.82 Å². The summed E-state index contributed by atoms with van der Waals surface area (Å²) in [6.45, 7) is 0.960. The Hall–Kier alpha value is -3.65. The second-order valence-electron chi connectivity index (χ2n) is 7.19. The van der Waals surface area contributed by atoms with E-state index in [9.17, 15) is 9.18 Å². The largest absolute Gasteiger partial charge is 0.419 e. The highest BCUT2D eigenvalue weighted by Gasteiger charge is 2.18. The molecule has 2 aromatic heterocycles. The molecule has 32 heavy (non-hydrogen) atoms. The fraction of sp³-hybridized carbons (Fsp3) is 0.125. The highest BCUT2D eigenvalue weighted by molar-refractivity contribution is 7.99. The van der Waals surface area contributed by atoms with Crippen LogP contribution in [0.3, 0.4) is 0 Å². The topological polar surface area (TPSA) is 65.8 Å². The molecule has 0 amide bonds. The fourth-order valence-corrected chi connectivity index (χ4v) is 4.46. The number of hydrogen-bond acceptors (Lipinski definition) is 5. The third-order valence-corrected chi connectivity index (χ3v) is 6.08. The zero-order valence-electron chi connectivity index (χ0n) is 17.0. The van der Waals surface area contributed by atoms with Crippen molar-refractivity contribution in [2.24, 2.45) is 0 Å². The first-order chi connectivity index (χ1) is 15.7. The third-order valence-electron chi connectivity index (χ3n) is 5.13. The predicted octanol–water partition coefficient (Wildman–Crippen LogP) is 4.83. The summed E-state index contributed by atoms with van der Waals surface area (Å²) in [5, 5.41) is 9.28. The molecule has 0 atom stereocenters. The van der Waals surface area contributed by atoms with Crippen LogP contribution in [-0.2, 0) is 13.1 Å². The Kier molecular flexibility index (Phi) is 5.60. The maximum absolute atomic E-state index is 14.5. The minimum absolute atomic E-state index is 0.345. The molecular formula is C24H19FN4O2S. The number of aryl methyl sites for hydroxylation is 1. The summed E-state index contributed by atoms with van der Waals surface area (Å²) in [5.41, 5.74) is 2.79. The second kappa shape index (κ2) is 8.84. The molecule has 3 aromatic carbocycles. The van der Waals surface area contributed by atoms with Crippen molar-refractivity contribution in [3.63, 3.8) is 0 Å². The highest BCUT2D eigenvalue weighted by atomic mass is 32.2. The molecule has 0 spiro atoms. The van der Waals surface area contributed by atoms with Gasteiger partial charge in [0.2, 0.25) is 0 Å². The molecule has 0 unspecified atom stereocenters. The lowest BCUT2D eigenvalue weighted by Crippen LogP contribution is -2.15. The van der Waals surface area contributed by atoms with Crippen molar-refractivity contribution in [3.8, 4) is 11.4 Å². The summed E-state index contributed by atoms with van der Waals surface area (Å²) in [4.78, 5) is 12.2. The number of fused-ring (bicyclic) bond motifs is 1. The van der Waals surface area contributed by atoms with Gasteiger partial charge in [0.25, 0.3) is 0 Å². The van der Waals surface area contributed by atoms with E-state index in [0.29, 0.717) is 41.0 Å². The van der Waals surface area contributed by atoms with E-state index in [-0.39, 0.29) is 11.6 Å². The van der Waals surface area contributed by atoms with Gasteiger partial charge in [0.05, 0.1) is 17.6 Å². The molecule has 0 aliphatic carbocycles. The SMILES string of the molecule is O=c1oc2ccccc2n1CCSc1nnc(-c2ccccc2F)n1Cc1ccccc1. The van der Waals surface area contributed by atoms with Crippen LogP contribution in [0.1, 0.15) is 5.56 Å². The Bertz CT molecular complexity index is 1430. The van der Waals surface area contributed by atoms with Gasteiger partial charge < -0.3 is 4.42 Å². The molecule has 0 aliphatic heterocycles. The lowest BCUT2D eigenvalue weighted by atomic mass is 10.2. The molecule has 0 fully saturated rings. The Balaban J connectivity index is 1.43. The zero-order valence-corrected chi connectivity index (χ0v) is 17.8. The number of oxazole rings is 1. The Morgan fingerprint density at radius 2 is 1.62 bits per heavy atom. The van der Waals surface area contributed by atoms with E-state index >= 15 is 0 Å². The standard InChI is InChI=1S/C24H19FN4O2S/c25-19-11-5-4-10-18(19)22-26-27-23(29(22)16-17-8-2-1-3-9-17)32-15-14-28-20-12-6-7-13-21(20)31-24(28)30/h1-13H,14-16H2. The molecule has 5 rings (SSSR count). The van der Waals surface area contributed by atoms with Crippen LogP contribution in [-0.4, -0.2) is 25.1 Å². The minimum Gasteiger partial charge on any atom is -0.408 e. The molecule has 8 heteroatoms. The Labute approximate surface area is 187 Å². The first-order valence-electron chi connectivity index (χ1n) is 10.1. The van der Waals surface area contributed by atoms with Crippen LogP contribution in [0.5, 0.6) is 0 Å². The average molecular weight is 447 g/mol. The van der Waals surface area contributed by atoms with Crippen LogP contribution in [0.25, 0.3) is 22.5 Å². The van der Waals surface area contributed by atoms with Crippen LogP contribution in [0.4, 0.5) is 4.39 Å². The smallest absolute Gasteiger partial charge is 0.408 e. The first-order valence-corrected chi connectivity index (χ1v) is 11.1. The van der Waals surface area contributed by atoms with Gasteiger partial charge in [-0.15, -0.1) is 10.2 Å². The lowest BCUT2D eigenvalue weighted by molar-refractivity contribution is 0.514. The van der Waals surface area contributed by atoms with Gasteiger partial charge in [-0.1, -0.05) is 66.4 Å². The van der Waals surface area contributed by atoms with E-state index in [0.717, 1.165) is 11.1 Å². The van der Waals surface area contributed by atoms with Crippen LogP contribution in [0.2, 0.25) is 0 Å². The second-order valence-corrected chi connectivity index (χ2v) is 8.26. The summed E-state index contributed by atoms with van der Waals surface area (Å²) < 4.78 is 23.3. The van der Waals surface area contributed by atoms with E-state index in [1.54, 1.807) is 28.8 Å². The molecule has 160 valence electrons.